The number of rotatable bonds is 2. The molecule has 0 unspecified atom stereocenters. The molecule has 2 aromatic heterocycles. The first kappa shape index (κ1) is 21.1. The summed E-state index contributed by atoms with van der Waals surface area (Å²) < 4.78 is 0. The molecule has 0 aliphatic heterocycles. The zero-order chi connectivity index (χ0) is 20.1. The summed E-state index contributed by atoms with van der Waals surface area (Å²) in [5, 5.41) is 1.40. The molecule has 0 fully saturated rings. The number of pyridine rings is 1. The van der Waals surface area contributed by atoms with Crippen molar-refractivity contribution < 1.29 is 0 Å². The van der Waals surface area contributed by atoms with Gasteiger partial charge in [0.2, 0.25) is 0 Å². The predicted octanol–water partition coefficient (Wildman–Crippen LogP) is 8.16. The lowest BCUT2D eigenvalue weighted by molar-refractivity contribution is 0.700. The molecule has 3 heteroatoms. The zero-order valence-corrected chi connectivity index (χ0v) is 19.8. The molecule has 1 nitrogen and oxygen atoms in total. The van der Waals surface area contributed by atoms with E-state index in [0.29, 0.717) is 0 Å². The molecule has 1 aliphatic carbocycles. The molecule has 5 rings (SSSR count). The van der Waals surface area contributed by atoms with Crippen molar-refractivity contribution in [2.24, 2.45) is 0 Å². The van der Waals surface area contributed by atoms with Crippen LogP contribution in [0.2, 0.25) is 0 Å². The van der Waals surface area contributed by atoms with E-state index in [2.05, 4.69) is 70.2 Å². The Hall–Kier alpha value is -2.16. The maximum Gasteiger partial charge on any atom is 0.125 e. The average molecular weight is 434 g/mol. The molecule has 30 heavy (non-hydrogen) atoms. The summed E-state index contributed by atoms with van der Waals surface area (Å²) in [5.41, 5.74) is 11.9. The van der Waals surface area contributed by atoms with Crippen LogP contribution in [0, 0.1) is 27.7 Å². The Morgan fingerprint density at radius 1 is 0.800 bits per heavy atom. The van der Waals surface area contributed by atoms with E-state index in [9.17, 15) is 0 Å². The number of fused-ring (bicyclic) bond motifs is 3. The summed E-state index contributed by atoms with van der Waals surface area (Å²) in [7, 11) is 0. The Labute approximate surface area is 189 Å². The summed E-state index contributed by atoms with van der Waals surface area (Å²) >= 11 is 1.92. The highest BCUT2D eigenvalue weighted by molar-refractivity contribution is 7.19. The van der Waals surface area contributed by atoms with Gasteiger partial charge in [0, 0.05) is 15.8 Å². The normalized spacial score (nSPS) is 13.2. The van der Waals surface area contributed by atoms with Gasteiger partial charge in [0.05, 0.1) is 5.69 Å². The van der Waals surface area contributed by atoms with Gasteiger partial charge in [0.25, 0.3) is 0 Å². The fraction of sp³-hybridized carbons (Fsp3) is 0.296. The SMILES string of the molecule is Cc1cccc(-c2cc(-c3cc(C)c(C)cc3C)nc3sc4c(c23)CCCC4)c1.Cl. The number of aromatic nitrogens is 1. The lowest BCUT2D eigenvalue weighted by Crippen LogP contribution is -1.99. The fourth-order valence-electron chi connectivity index (χ4n) is 4.67. The molecule has 0 saturated carbocycles. The van der Waals surface area contributed by atoms with Crippen molar-refractivity contribution in [3.8, 4) is 22.4 Å². The van der Waals surface area contributed by atoms with E-state index in [-0.39, 0.29) is 12.4 Å². The highest BCUT2D eigenvalue weighted by Gasteiger charge is 2.21. The summed E-state index contributed by atoms with van der Waals surface area (Å²) in [5.74, 6) is 0. The number of benzene rings is 2. The third kappa shape index (κ3) is 3.57. The van der Waals surface area contributed by atoms with Gasteiger partial charge in [0.15, 0.2) is 0 Å². The minimum atomic E-state index is 0. The van der Waals surface area contributed by atoms with Gasteiger partial charge in [-0.15, -0.1) is 23.7 Å². The standard InChI is InChI=1S/C27H27NS.ClH/c1-16-8-7-9-20(12-16)23-15-24(22-14-18(3)17(2)13-19(22)4)28-27-26(23)21-10-5-6-11-25(21)29-27;/h7-9,12-15H,5-6,10-11H2,1-4H3;1H. The monoisotopic (exact) mass is 433 g/mol. The van der Waals surface area contributed by atoms with Crippen LogP contribution >= 0.6 is 23.7 Å². The van der Waals surface area contributed by atoms with Gasteiger partial charge in [0.1, 0.15) is 4.83 Å². The molecule has 0 spiro atoms. The van der Waals surface area contributed by atoms with Crippen molar-refractivity contribution in [1.29, 1.82) is 0 Å². The van der Waals surface area contributed by atoms with Gasteiger partial charge < -0.3 is 0 Å². The van der Waals surface area contributed by atoms with Crippen molar-refractivity contribution in [3.05, 3.63) is 75.2 Å². The number of thiophene rings is 1. The van der Waals surface area contributed by atoms with E-state index in [1.807, 2.05) is 11.3 Å². The van der Waals surface area contributed by atoms with Crippen LogP contribution < -0.4 is 0 Å². The first-order chi connectivity index (χ1) is 14.0. The second kappa shape index (κ2) is 8.17. The second-order valence-corrected chi connectivity index (χ2v) is 9.65. The molecule has 2 aromatic carbocycles. The van der Waals surface area contributed by atoms with Crippen LogP contribution in [-0.2, 0) is 12.8 Å². The molecule has 4 aromatic rings. The van der Waals surface area contributed by atoms with Crippen LogP contribution in [0.15, 0.2) is 42.5 Å². The predicted molar refractivity (Wildman–Crippen MR) is 133 cm³/mol. The topological polar surface area (TPSA) is 12.9 Å². The number of nitrogens with zero attached hydrogens (tertiary/aromatic N) is 1. The molecule has 0 radical (unpaired) electrons. The first-order valence-electron chi connectivity index (χ1n) is 10.6. The molecule has 0 bridgehead atoms. The molecule has 0 amide bonds. The van der Waals surface area contributed by atoms with Gasteiger partial charge in [-0.2, -0.15) is 0 Å². The summed E-state index contributed by atoms with van der Waals surface area (Å²) in [6, 6.07) is 15.9. The highest BCUT2D eigenvalue weighted by atomic mass is 35.5. The largest absolute Gasteiger partial charge is 0.237 e. The summed E-state index contributed by atoms with van der Waals surface area (Å²) in [6.07, 6.45) is 5.01. The smallest absolute Gasteiger partial charge is 0.125 e. The molecule has 1 aliphatic rings. The number of halogens is 1. The Kier molecular flexibility index (Phi) is 5.74. The van der Waals surface area contributed by atoms with Gasteiger partial charge in [-0.05, 0) is 98.9 Å². The van der Waals surface area contributed by atoms with Crippen molar-refractivity contribution in [1.82, 2.24) is 4.98 Å². The van der Waals surface area contributed by atoms with Crippen LogP contribution in [0.25, 0.3) is 32.6 Å². The van der Waals surface area contributed by atoms with Crippen molar-refractivity contribution in [2.75, 3.05) is 0 Å². The van der Waals surface area contributed by atoms with E-state index in [0.717, 1.165) is 5.69 Å². The lowest BCUT2D eigenvalue weighted by atomic mass is 9.91. The van der Waals surface area contributed by atoms with E-state index in [1.54, 1.807) is 10.4 Å². The Bertz CT molecular complexity index is 1250. The van der Waals surface area contributed by atoms with Crippen molar-refractivity contribution in [3.63, 3.8) is 0 Å². The van der Waals surface area contributed by atoms with Crippen LogP contribution in [0.3, 0.4) is 0 Å². The Balaban J connectivity index is 0.00000218. The molecule has 0 saturated heterocycles. The quantitative estimate of drug-likeness (QED) is 0.310. The van der Waals surface area contributed by atoms with Crippen LogP contribution in [0.4, 0.5) is 0 Å². The minimum Gasteiger partial charge on any atom is -0.237 e. The Morgan fingerprint density at radius 3 is 2.37 bits per heavy atom. The molecule has 2 heterocycles. The zero-order valence-electron chi connectivity index (χ0n) is 18.1. The van der Waals surface area contributed by atoms with Crippen molar-refractivity contribution in [2.45, 2.75) is 53.4 Å². The lowest BCUT2D eigenvalue weighted by Gasteiger charge is -2.15. The molecule has 0 atom stereocenters. The first-order valence-corrected chi connectivity index (χ1v) is 11.4. The second-order valence-electron chi connectivity index (χ2n) is 8.57. The van der Waals surface area contributed by atoms with Crippen LogP contribution in [0.5, 0.6) is 0 Å². The molecule has 154 valence electrons. The van der Waals surface area contributed by atoms with Crippen molar-refractivity contribution >= 4 is 34.0 Å². The summed E-state index contributed by atoms with van der Waals surface area (Å²) in [4.78, 5) is 7.98. The molecular weight excluding hydrogens is 406 g/mol. The highest BCUT2D eigenvalue weighted by Crippen LogP contribution is 2.43. The average Bonchev–Trinajstić information content (AvgIpc) is 3.08. The molecular formula is C27H28ClNS. The van der Waals surface area contributed by atoms with Crippen LogP contribution in [-0.4, -0.2) is 4.98 Å². The minimum absolute atomic E-state index is 0. The Morgan fingerprint density at radius 2 is 1.57 bits per heavy atom. The molecule has 0 N–H and O–H groups in total. The number of hydrogen-bond acceptors (Lipinski definition) is 2. The van der Waals surface area contributed by atoms with Gasteiger partial charge >= 0.3 is 0 Å². The van der Waals surface area contributed by atoms with E-state index < -0.39 is 0 Å². The van der Waals surface area contributed by atoms with E-state index in [4.69, 9.17) is 4.98 Å². The number of hydrogen-bond donors (Lipinski definition) is 0. The van der Waals surface area contributed by atoms with Gasteiger partial charge in [-0.25, -0.2) is 4.98 Å². The maximum atomic E-state index is 5.21. The third-order valence-corrected chi connectivity index (χ3v) is 7.56. The van der Waals surface area contributed by atoms with Gasteiger partial charge in [-0.3, -0.25) is 0 Å². The third-order valence-electron chi connectivity index (χ3n) is 6.37. The fourth-order valence-corrected chi connectivity index (χ4v) is 5.96. The van der Waals surface area contributed by atoms with Gasteiger partial charge in [-0.1, -0.05) is 35.9 Å². The summed E-state index contributed by atoms with van der Waals surface area (Å²) in [6.45, 7) is 8.77. The number of aryl methyl sites for hydroxylation is 6. The van der Waals surface area contributed by atoms with E-state index in [1.165, 1.54) is 74.8 Å². The van der Waals surface area contributed by atoms with E-state index >= 15 is 0 Å². The van der Waals surface area contributed by atoms with Crippen LogP contribution in [0.1, 0.15) is 45.5 Å². The maximum absolute atomic E-state index is 5.21.